The first-order valence-corrected chi connectivity index (χ1v) is 7.20. The van der Waals surface area contributed by atoms with Gasteiger partial charge in [0.25, 0.3) is 5.91 Å². The Morgan fingerprint density at radius 3 is 2.46 bits per heavy atom. The Morgan fingerprint density at radius 1 is 1.17 bits per heavy atom. The molecular formula is C15H13F3N2O3S. The molecule has 0 fully saturated rings. The van der Waals surface area contributed by atoms with Gasteiger partial charge in [-0.15, -0.1) is 13.2 Å². The summed E-state index contributed by atoms with van der Waals surface area (Å²) in [6, 6.07) is 8.22. The van der Waals surface area contributed by atoms with Crippen LogP contribution in [0.1, 0.15) is 10.4 Å². The molecule has 0 saturated carbocycles. The SMILES string of the molecule is O=C(NCCOc1ccc(OC(F)(F)F)cc1)c1ccc[nH]c1=S. The monoisotopic (exact) mass is 358 g/mol. The van der Waals surface area contributed by atoms with Gasteiger partial charge in [0.2, 0.25) is 0 Å². The number of benzene rings is 1. The zero-order valence-corrected chi connectivity index (χ0v) is 13.0. The molecule has 1 heterocycles. The van der Waals surface area contributed by atoms with E-state index < -0.39 is 6.36 Å². The lowest BCUT2D eigenvalue weighted by atomic mass is 10.3. The molecule has 2 N–H and O–H groups in total. The largest absolute Gasteiger partial charge is 0.573 e. The molecular weight excluding hydrogens is 345 g/mol. The number of hydrogen-bond donors (Lipinski definition) is 2. The van der Waals surface area contributed by atoms with Crippen LogP contribution >= 0.6 is 12.2 Å². The Kier molecular flexibility index (Phi) is 5.80. The first kappa shape index (κ1) is 17.8. The van der Waals surface area contributed by atoms with E-state index in [4.69, 9.17) is 17.0 Å². The molecule has 2 rings (SSSR count). The smallest absolute Gasteiger partial charge is 0.492 e. The van der Waals surface area contributed by atoms with Crippen molar-refractivity contribution < 1.29 is 27.4 Å². The molecule has 0 unspecified atom stereocenters. The van der Waals surface area contributed by atoms with Crippen LogP contribution in [0.25, 0.3) is 0 Å². The number of halogens is 3. The Bertz CT molecular complexity index is 745. The van der Waals surface area contributed by atoms with E-state index in [0.29, 0.717) is 16.0 Å². The maximum Gasteiger partial charge on any atom is 0.573 e. The van der Waals surface area contributed by atoms with Crippen LogP contribution in [0, 0.1) is 4.64 Å². The summed E-state index contributed by atoms with van der Waals surface area (Å²) < 4.78 is 45.5. The summed E-state index contributed by atoms with van der Waals surface area (Å²) in [5.41, 5.74) is 0.348. The first-order valence-electron chi connectivity index (χ1n) is 6.80. The minimum absolute atomic E-state index is 0.147. The summed E-state index contributed by atoms with van der Waals surface area (Å²) in [4.78, 5) is 14.6. The maximum absolute atomic E-state index is 12.0. The van der Waals surface area contributed by atoms with Crippen molar-refractivity contribution in [3.8, 4) is 11.5 Å². The van der Waals surface area contributed by atoms with E-state index in [9.17, 15) is 18.0 Å². The van der Waals surface area contributed by atoms with Crippen LogP contribution in [0.15, 0.2) is 42.6 Å². The standard InChI is InChI=1S/C15H13F3N2O3S/c16-15(17,18)23-11-5-3-10(4-6-11)22-9-8-19-13(21)12-2-1-7-20-14(12)24/h1-7H,8-9H2,(H,19,21)(H,20,24). The Labute approximate surface area is 140 Å². The van der Waals surface area contributed by atoms with E-state index >= 15 is 0 Å². The molecule has 0 aliphatic rings. The molecule has 24 heavy (non-hydrogen) atoms. The third-order valence-corrected chi connectivity index (χ3v) is 3.11. The second kappa shape index (κ2) is 7.82. The lowest BCUT2D eigenvalue weighted by molar-refractivity contribution is -0.274. The van der Waals surface area contributed by atoms with Gasteiger partial charge in [0, 0.05) is 6.20 Å². The van der Waals surface area contributed by atoms with Crippen LogP contribution in [0.5, 0.6) is 11.5 Å². The van der Waals surface area contributed by atoms with E-state index in [2.05, 4.69) is 15.0 Å². The van der Waals surface area contributed by atoms with E-state index in [0.717, 1.165) is 12.1 Å². The summed E-state index contributed by atoms with van der Waals surface area (Å²) in [5, 5.41) is 2.63. The highest BCUT2D eigenvalue weighted by Gasteiger charge is 2.30. The predicted molar refractivity (Wildman–Crippen MR) is 82.6 cm³/mol. The van der Waals surface area contributed by atoms with Crippen LogP contribution < -0.4 is 14.8 Å². The van der Waals surface area contributed by atoms with Crippen LogP contribution in [0.2, 0.25) is 0 Å². The van der Waals surface area contributed by atoms with Gasteiger partial charge in [-0.25, -0.2) is 0 Å². The van der Waals surface area contributed by atoms with Crippen LogP contribution in [0.3, 0.4) is 0 Å². The highest BCUT2D eigenvalue weighted by atomic mass is 32.1. The van der Waals surface area contributed by atoms with Crippen molar-refractivity contribution in [1.82, 2.24) is 10.3 Å². The lowest BCUT2D eigenvalue weighted by Gasteiger charge is -2.10. The number of aromatic nitrogens is 1. The number of nitrogens with one attached hydrogen (secondary N) is 2. The number of carbonyl (C=O) groups is 1. The van der Waals surface area contributed by atoms with E-state index in [1.165, 1.54) is 12.1 Å². The lowest BCUT2D eigenvalue weighted by Crippen LogP contribution is -2.28. The van der Waals surface area contributed by atoms with Crippen LogP contribution in [-0.2, 0) is 0 Å². The highest BCUT2D eigenvalue weighted by Crippen LogP contribution is 2.24. The van der Waals surface area contributed by atoms with Crippen LogP contribution in [-0.4, -0.2) is 30.4 Å². The molecule has 0 aliphatic carbocycles. The normalized spacial score (nSPS) is 11.0. The van der Waals surface area contributed by atoms with Gasteiger partial charge < -0.3 is 19.8 Å². The molecule has 1 aromatic carbocycles. The Balaban J connectivity index is 1.77. The molecule has 1 amide bonds. The topological polar surface area (TPSA) is 63.4 Å². The molecule has 2 aromatic rings. The number of ether oxygens (including phenoxy) is 2. The van der Waals surface area contributed by atoms with Gasteiger partial charge in [-0.3, -0.25) is 4.79 Å². The first-order chi connectivity index (χ1) is 11.3. The molecule has 0 radical (unpaired) electrons. The molecule has 1 aromatic heterocycles. The van der Waals surface area contributed by atoms with Gasteiger partial charge in [-0.1, -0.05) is 12.2 Å². The molecule has 0 saturated heterocycles. The highest BCUT2D eigenvalue weighted by molar-refractivity contribution is 7.71. The quantitative estimate of drug-likeness (QED) is 0.613. The summed E-state index contributed by atoms with van der Waals surface area (Å²) in [7, 11) is 0. The number of rotatable bonds is 6. The van der Waals surface area contributed by atoms with Crippen molar-refractivity contribution in [3.63, 3.8) is 0 Å². The minimum atomic E-state index is -4.73. The van der Waals surface area contributed by atoms with Crippen molar-refractivity contribution in [2.45, 2.75) is 6.36 Å². The average Bonchev–Trinajstić information content (AvgIpc) is 2.52. The molecule has 5 nitrogen and oxygen atoms in total. The van der Waals surface area contributed by atoms with Crippen LogP contribution in [0.4, 0.5) is 13.2 Å². The fourth-order valence-electron chi connectivity index (χ4n) is 1.77. The van der Waals surface area contributed by atoms with Gasteiger partial charge in [0.15, 0.2) is 0 Å². The number of pyridine rings is 1. The Morgan fingerprint density at radius 2 is 1.83 bits per heavy atom. The number of aromatic amines is 1. The van der Waals surface area contributed by atoms with Gasteiger partial charge in [0.05, 0.1) is 12.1 Å². The summed E-state index contributed by atoms with van der Waals surface area (Å²) in [6.07, 6.45) is -3.11. The number of alkyl halides is 3. The van der Waals surface area contributed by atoms with E-state index in [1.807, 2.05) is 0 Å². The minimum Gasteiger partial charge on any atom is -0.492 e. The molecule has 128 valence electrons. The maximum atomic E-state index is 12.0. The molecule has 0 atom stereocenters. The number of amides is 1. The average molecular weight is 358 g/mol. The third-order valence-electron chi connectivity index (χ3n) is 2.78. The summed E-state index contributed by atoms with van der Waals surface area (Å²) in [5.74, 6) is -0.313. The molecule has 0 aliphatic heterocycles. The van der Waals surface area contributed by atoms with E-state index in [1.54, 1.807) is 18.3 Å². The third kappa shape index (κ3) is 5.58. The molecule has 0 spiro atoms. The zero-order valence-electron chi connectivity index (χ0n) is 12.2. The van der Waals surface area contributed by atoms with Crippen molar-refractivity contribution in [2.75, 3.05) is 13.2 Å². The van der Waals surface area contributed by atoms with Gasteiger partial charge in [0.1, 0.15) is 22.7 Å². The second-order valence-electron chi connectivity index (χ2n) is 4.54. The predicted octanol–water partition coefficient (Wildman–Crippen LogP) is 3.45. The number of H-pyrrole nitrogens is 1. The summed E-state index contributed by atoms with van der Waals surface area (Å²) in [6.45, 7) is 0.359. The molecule has 9 heteroatoms. The summed E-state index contributed by atoms with van der Waals surface area (Å²) >= 11 is 4.99. The second-order valence-corrected chi connectivity index (χ2v) is 4.94. The van der Waals surface area contributed by atoms with E-state index in [-0.39, 0.29) is 24.8 Å². The van der Waals surface area contributed by atoms with Gasteiger partial charge in [-0.05, 0) is 36.4 Å². The zero-order chi connectivity index (χ0) is 17.6. The van der Waals surface area contributed by atoms with Crippen molar-refractivity contribution >= 4 is 18.1 Å². The van der Waals surface area contributed by atoms with Gasteiger partial charge in [-0.2, -0.15) is 0 Å². The molecule has 0 bridgehead atoms. The number of carbonyl (C=O) groups excluding carboxylic acids is 1. The van der Waals surface area contributed by atoms with Crippen molar-refractivity contribution in [2.24, 2.45) is 0 Å². The Hall–Kier alpha value is -2.55. The number of hydrogen-bond acceptors (Lipinski definition) is 4. The van der Waals surface area contributed by atoms with Crippen molar-refractivity contribution in [1.29, 1.82) is 0 Å². The fourth-order valence-corrected chi connectivity index (χ4v) is 2.00. The van der Waals surface area contributed by atoms with Gasteiger partial charge >= 0.3 is 6.36 Å². The fraction of sp³-hybridized carbons (Fsp3) is 0.200. The van der Waals surface area contributed by atoms with Crippen molar-refractivity contribution in [3.05, 3.63) is 52.8 Å².